The van der Waals surface area contributed by atoms with Gasteiger partial charge in [0, 0.05) is 12.6 Å². The van der Waals surface area contributed by atoms with E-state index in [1.807, 2.05) is 31.2 Å². The summed E-state index contributed by atoms with van der Waals surface area (Å²) in [7, 11) is 0. The van der Waals surface area contributed by atoms with E-state index in [2.05, 4.69) is 10.1 Å². The molecule has 1 aliphatic rings. The van der Waals surface area contributed by atoms with Crippen molar-refractivity contribution >= 4 is 0 Å². The molecule has 2 N–H and O–H groups in total. The molecule has 1 atom stereocenters. The summed E-state index contributed by atoms with van der Waals surface area (Å²) in [5.41, 5.74) is 7.06. The second-order valence-corrected chi connectivity index (χ2v) is 5.52. The van der Waals surface area contributed by atoms with Crippen LogP contribution < -0.4 is 10.5 Å². The van der Waals surface area contributed by atoms with Crippen LogP contribution in [0.1, 0.15) is 18.4 Å². The predicted octanol–water partition coefficient (Wildman–Crippen LogP) is 1.93. The molecule has 5 nitrogen and oxygen atoms in total. The van der Waals surface area contributed by atoms with Crippen LogP contribution in [0.25, 0.3) is 0 Å². The van der Waals surface area contributed by atoms with Crippen LogP contribution in [0.5, 0.6) is 5.75 Å². The monoisotopic (exact) mass is 277 g/mol. The summed E-state index contributed by atoms with van der Waals surface area (Å²) in [4.78, 5) is 13.2. The molecule has 1 aromatic carbocycles. The van der Waals surface area contributed by atoms with E-state index >= 15 is 0 Å². The number of ether oxygens (including phenoxy) is 1. The van der Waals surface area contributed by atoms with Crippen molar-refractivity contribution in [2.24, 2.45) is 10.9 Å². The smallest absolute Gasteiger partial charge is 0.138 e. The van der Waals surface area contributed by atoms with Gasteiger partial charge in [0.1, 0.15) is 18.4 Å². The molecule has 0 amide bonds. The van der Waals surface area contributed by atoms with Crippen molar-refractivity contribution in [2.75, 3.05) is 26.2 Å². The van der Waals surface area contributed by atoms with Gasteiger partial charge in [0.2, 0.25) is 0 Å². The van der Waals surface area contributed by atoms with Gasteiger partial charge < -0.3 is 15.4 Å². The van der Waals surface area contributed by atoms with E-state index in [0.29, 0.717) is 19.2 Å². The summed E-state index contributed by atoms with van der Waals surface area (Å²) in [5, 5.41) is 3.19. The van der Waals surface area contributed by atoms with E-state index in [0.717, 1.165) is 31.7 Å². The zero-order valence-corrected chi connectivity index (χ0v) is 12.0. The molecule has 20 heavy (non-hydrogen) atoms. The zero-order chi connectivity index (χ0) is 14.4. The number of piperidine rings is 1. The first-order chi connectivity index (χ1) is 9.67. The second kappa shape index (κ2) is 7.36. The van der Waals surface area contributed by atoms with E-state index in [-0.39, 0.29) is 6.04 Å². The fraction of sp³-hybridized carbons (Fsp3) is 0.600. The van der Waals surface area contributed by atoms with Gasteiger partial charge >= 0.3 is 0 Å². The molecule has 5 heteroatoms. The standard InChI is InChI=1S/C15H23N3O2/c1-12-2-4-15(5-3-12)20-11-14(17-19)10-18-8-6-13(16)7-9-18/h2-5,13-14H,6-11,16H2,1H3. The fourth-order valence-electron chi connectivity index (χ4n) is 2.38. The van der Waals surface area contributed by atoms with Gasteiger partial charge in [-0.15, -0.1) is 0 Å². The maximum absolute atomic E-state index is 10.9. The second-order valence-electron chi connectivity index (χ2n) is 5.52. The lowest BCUT2D eigenvalue weighted by molar-refractivity contribution is 0.179. The first-order valence-corrected chi connectivity index (χ1v) is 7.17. The summed E-state index contributed by atoms with van der Waals surface area (Å²) in [6, 6.07) is 7.78. The SMILES string of the molecule is Cc1ccc(OCC(CN2CCC(N)CC2)N=O)cc1. The van der Waals surface area contributed by atoms with Crippen molar-refractivity contribution < 1.29 is 4.74 Å². The molecular weight excluding hydrogens is 254 g/mol. The average molecular weight is 277 g/mol. The van der Waals surface area contributed by atoms with Crippen LogP contribution in [0.4, 0.5) is 0 Å². The molecule has 110 valence electrons. The lowest BCUT2D eigenvalue weighted by atomic mass is 10.1. The van der Waals surface area contributed by atoms with E-state index in [9.17, 15) is 4.91 Å². The van der Waals surface area contributed by atoms with Gasteiger partial charge in [-0.2, -0.15) is 4.91 Å². The van der Waals surface area contributed by atoms with Crippen LogP contribution in [-0.2, 0) is 0 Å². The molecule has 1 fully saturated rings. The number of aryl methyl sites for hydroxylation is 1. The van der Waals surface area contributed by atoms with E-state index in [4.69, 9.17) is 10.5 Å². The molecule has 0 aliphatic carbocycles. The molecule has 1 heterocycles. The van der Waals surface area contributed by atoms with Crippen molar-refractivity contribution in [3.63, 3.8) is 0 Å². The Morgan fingerprint density at radius 1 is 1.35 bits per heavy atom. The molecule has 1 aromatic rings. The average Bonchev–Trinajstić information content (AvgIpc) is 2.47. The Bertz CT molecular complexity index is 414. The molecule has 0 aromatic heterocycles. The maximum atomic E-state index is 10.9. The van der Waals surface area contributed by atoms with E-state index in [1.54, 1.807) is 0 Å². The number of hydrogen-bond acceptors (Lipinski definition) is 5. The Labute approximate surface area is 120 Å². The molecule has 2 rings (SSSR count). The quantitative estimate of drug-likeness (QED) is 0.807. The van der Waals surface area contributed by atoms with Gasteiger partial charge in [-0.3, -0.25) is 0 Å². The summed E-state index contributed by atoms with van der Waals surface area (Å²) < 4.78 is 5.63. The molecular formula is C15H23N3O2. The highest BCUT2D eigenvalue weighted by Gasteiger charge is 2.20. The normalized spacial score (nSPS) is 18.7. The summed E-state index contributed by atoms with van der Waals surface area (Å²) in [6.45, 7) is 4.90. The lowest BCUT2D eigenvalue weighted by Crippen LogP contribution is -2.43. The number of nitroso groups, excluding NO2 is 1. The number of benzene rings is 1. The minimum Gasteiger partial charge on any atom is -0.491 e. The van der Waals surface area contributed by atoms with Gasteiger partial charge in [0.05, 0.1) is 0 Å². The Morgan fingerprint density at radius 2 is 2.00 bits per heavy atom. The first kappa shape index (κ1) is 14.9. The van der Waals surface area contributed by atoms with Crippen molar-refractivity contribution in [2.45, 2.75) is 31.8 Å². The predicted molar refractivity (Wildman–Crippen MR) is 79.9 cm³/mol. The third-order valence-electron chi connectivity index (χ3n) is 3.71. The summed E-state index contributed by atoms with van der Waals surface area (Å²) >= 11 is 0. The van der Waals surface area contributed by atoms with Gasteiger partial charge in [-0.1, -0.05) is 22.9 Å². The fourth-order valence-corrected chi connectivity index (χ4v) is 2.38. The van der Waals surface area contributed by atoms with Gasteiger partial charge in [-0.25, -0.2) is 0 Å². The van der Waals surface area contributed by atoms with Gasteiger partial charge in [0.15, 0.2) is 0 Å². The first-order valence-electron chi connectivity index (χ1n) is 7.17. The van der Waals surface area contributed by atoms with Gasteiger partial charge in [-0.05, 0) is 45.0 Å². The highest BCUT2D eigenvalue weighted by atomic mass is 16.5. The third-order valence-corrected chi connectivity index (χ3v) is 3.71. The number of hydrogen-bond donors (Lipinski definition) is 1. The van der Waals surface area contributed by atoms with Crippen LogP contribution in [0.15, 0.2) is 29.4 Å². The minimum atomic E-state index is -0.328. The maximum Gasteiger partial charge on any atom is 0.138 e. The molecule has 0 bridgehead atoms. The topological polar surface area (TPSA) is 67.9 Å². The van der Waals surface area contributed by atoms with Gasteiger partial charge in [0.25, 0.3) is 0 Å². The van der Waals surface area contributed by atoms with E-state index < -0.39 is 0 Å². The largest absolute Gasteiger partial charge is 0.491 e. The molecule has 1 aliphatic heterocycles. The van der Waals surface area contributed by atoms with Crippen molar-refractivity contribution in [1.82, 2.24) is 4.90 Å². The van der Waals surface area contributed by atoms with Crippen LogP contribution >= 0.6 is 0 Å². The lowest BCUT2D eigenvalue weighted by Gasteiger charge is -2.31. The van der Waals surface area contributed by atoms with Crippen molar-refractivity contribution in [3.05, 3.63) is 34.7 Å². The zero-order valence-electron chi connectivity index (χ0n) is 12.0. The summed E-state index contributed by atoms with van der Waals surface area (Å²) in [6.07, 6.45) is 1.98. The highest BCUT2D eigenvalue weighted by Crippen LogP contribution is 2.13. The number of rotatable bonds is 6. The molecule has 1 unspecified atom stereocenters. The third kappa shape index (κ3) is 4.58. The molecule has 0 saturated carbocycles. The molecule has 0 radical (unpaired) electrons. The van der Waals surface area contributed by atoms with Crippen LogP contribution in [-0.4, -0.2) is 43.2 Å². The molecule has 1 saturated heterocycles. The van der Waals surface area contributed by atoms with Crippen LogP contribution in [0.3, 0.4) is 0 Å². The Balaban J connectivity index is 1.77. The Morgan fingerprint density at radius 3 is 2.60 bits per heavy atom. The van der Waals surface area contributed by atoms with E-state index in [1.165, 1.54) is 5.56 Å². The minimum absolute atomic E-state index is 0.303. The number of likely N-dealkylation sites (tertiary alicyclic amines) is 1. The number of nitrogens with two attached hydrogens (primary N) is 1. The highest BCUT2D eigenvalue weighted by molar-refractivity contribution is 5.26. The van der Waals surface area contributed by atoms with Crippen LogP contribution in [0.2, 0.25) is 0 Å². The van der Waals surface area contributed by atoms with Crippen LogP contribution in [0, 0.1) is 11.8 Å². The summed E-state index contributed by atoms with van der Waals surface area (Å²) in [5.74, 6) is 0.782. The molecule has 0 spiro atoms. The van der Waals surface area contributed by atoms with Crippen molar-refractivity contribution in [1.29, 1.82) is 0 Å². The van der Waals surface area contributed by atoms with Crippen molar-refractivity contribution in [3.8, 4) is 5.75 Å². The number of nitrogens with zero attached hydrogens (tertiary/aromatic N) is 2. The Hall–Kier alpha value is -1.46. The Kier molecular flexibility index (Phi) is 5.49.